The van der Waals surface area contributed by atoms with Crippen LogP contribution in [-0.2, 0) is 0 Å². The van der Waals surface area contributed by atoms with Crippen molar-refractivity contribution in [2.24, 2.45) is 0 Å². The van der Waals surface area contributed by atoms with Crippen LogP contribution in [-0.4, -0.2) is 46.8 Å². The van der Waals surface area contributed by atoms with E-state index in [-0.39, 0.29) is 0 Å². The van der Waals surface area contributed by atoms with Gasteiger partial charge < -0.3 is 0 Å². The summed E-state index contributed by atoms with van der Waals surface area (Å²) in [4.78, 5) is 4.72. The van der Waals surface area contributed by atoms with E-state index in [1.165, 1.54) is 0 Å². The fourth-order valence-electron chi connectivity index (χ4n) is 4.63. The molecule has 4 rings (SSSR count). The van der Waals surface area contributed by atoms with Crippen LogP contribution < -0.4 is 26.1 Å². The molecule has 0 heterocycles. The molecule has 5 heteroatoms. The number of methoxy groups -OCH3 is 4. The van der Waals surface area contributed by atoms with Crippen molar-refractivity contribution in [2.45, 2.75) is 9.88 Å². The van der Waals surface area contributed by atoms with Gasteiger partial charge in [-0.25, -0.2) is 0 Å². The number of rotatable bonds is 6. The van der Waals surface area contributed by atoms with Gasteiger partial charge in [-0.1, -0.05) is 0 Å². The van der Waals surface area contributed by atoms with Gasteiger partial charge in [0.25, 0.3) is 0 Å². The summed E-state index contributed by atoms with van der Waals surface area (Å²) in [7, 11) is 6.93. The molecule has 0 saturated carbocycles. The van der Waals surface area contributed by atoms with Crippen molar-refractivity contribution >= 4 is 47.1 Å². The Balaban J connectivity index is 2.13. The molecule has 0 aliphatic rings. The molecule has 0 N–H and O–H groups in total. The minimum absolute atomic E-state index is 0.855. The van der Waals surface area contributed by atoms with Crippen LogP contribution in [0.2, 0.25) is 9.88 Å². The normalized spacial score (nSPS) is 11.5. The standard InChI is InChI=1S/2C12H11O2.2CH3.Sn/c2*1-13-10-7-9-5-3-4-6-11(9)12(8-10)14-2;;;/h2*3-7H,1-2H3;2*1H3;. The Morgan fingerprint density at radius 1 is 0.548 bits per heavy atom. The van der Waals surface area contributed by atoms with Gasteiger partial charge in [0.15, 0.2) is 0 Å². The first-order valence-electron chi connectivity index (χ1n) is 10.3. The molecule has 0 aromatic heterocycles. The van der Waals surface area contributed by atoms with Crippen molar-refractivity contribution in [1.29, 1.82) is 0 Å². The Labute approximate surface area is 187 Å². The van der Waals surface area contributed by atoms with Crippen LogP contribution in [0.25, 0.3) is 21.5 Å². The van der Waals surface area contributed by atoms with Crippen LogP contribution in [0.15, 0.2) is 60.7 Å². The fourth-order valence-corrected chi connectivity index (χ4v) is 14.4. The number of benzene rings is 4. The zero-order valence-electron chi connectivity index (χ0n) is 18.9. The summed E-state index contributed by atoms with van der Waals surface area (Å²) >= 11 is -3.42. The van der Waals surface area contributed by atoms with E-state index in [2.05, 4.69) is 46.3 Å². The summed E-state index contributed by atoms with van der Waals surface area (Å²) in [5.74, 6) is 3.48. The van der Waals surface area contributed by atoms with Crippen molar-refractivity contribution in [3.8, 4) is 23.0 Å². The van der Waals surface area contributed by atoms with E-state index >= 15 is 0 Å². The Morgan fingerprint density at radius 3 is 1.29 bits per heavy atom. The second-order valence-corrected chi connectivity index (χ2v) is 20.2. The van der Waals surface area contributed by atoms with E-state index in [0.717, 1.165) is 51.7 Å². The summed E-state index contributed by atoms with van der Waals surface area (Å²) in [6, 6.07) is 20.8. The third kappa shape index (κ3) is 3.47. The summed E-state index contributed by atoms with van der Waals surface area (Å²) in [6.45, 7) is 0. The van der Waals surface area contributed by atoms with E-state index in [9.17, 15) is 0 Å². The molecule has 160 valence electrons. The monoisotopic (exact) mass is 524 g/mol. The van der Waals surface area contributed by atoms with Gasteiger partial charge in [-0.2, -0.15) is 0 Å². The molecule has 4 aromatic rings. The molecule has 0 bridgehead atoms. The molecular formula is C26H28O4Sn. The van der Waals surface area contributed by atoms with Gasteiger partial charge in [0.05, 0.1) is 0 Å². The molecule has 0 spiro atoms. The van der Waals surface area contributed by atoms with Gasteiger partial charge in [-0.05, 0) is 0 Å². The fraction of sp³-hybridized carbons (Fsp3) is 0.231. The molecule has 31 heavy (non-hydrogen) atoms. The third-order valence-corrected chi connectivity index (χ3v) is 15.9. The predicted molar refractivity (Wildman–Crippen MR) is 131 cm³/mol. The van der Waals surface area contributed by atoms with E-state index in [1.54, 1.807) is 28.4 Å². The van der Waals surface area contributed by atoms with Crippen molar-refractivity contribution in [2.75, 3.05) is 28.4 Å². The number of fused-ring (bicyclic) bond motifs is 2. The van der Waals surface area contributed by atoms with E-state index < -0.39 is 18.4 Å². The molecule has 0 aliphatic heterocycles. The van der Waals surface area contributed by atoms with Gasteiger partial charge in [-0.3, -0.25) is 0 Å². The van der Waals surface area contributed by atoms with Gasteiger partial charge >= 0.3 is 188 Å². The molecule has 0 saturated heterocycles. The molecule has 0 aliphatic carbocycles. The van der Waals surface area contributed by atoms with Crippen LogP contribution in [0.4, 0.5) is 0 Å². The summed E-state index contributed by atoms with van der Waals surface area (Å²) in [5.41, 5.74) is 0. The van der Waals surface area contributed by atoms with Gasteiger partial charge in [0.2, 0.25) is 0 Å². The Kier molecular flexibility index (Phi) is 5.93. The molecule has 4 aromatic carbocycles. The molecule has 0 unspecified atom stereocenters. The molecule has 0 radical (unpaired) electrons. The molecule has 0 amide bonds. The molecule has 0 atom stereocenters. The molecule has 0 fully saturated rings. The number of hydrogen-bond acceptors (Lipinski definition) is 4. The van der Waals surface area contributed by atoms with E-state index in [0.29, 0.717) is 0 Å². The Morgan fingerprint density at radius 2 is 0.935 bits per heavy atom. The topological polar surface area (TPSA) is 36.9 Å². The second kappa shape index (κ2) is 8.50. The van der Waals surface area contributed by atoms with Crippen LogP contribution in [0, 0.1) is 0 Å². The number of ether oxygens (including phenoxy) is 4. The zero-order valence-corrected chi connectivity index (χ0v) is 21.8. The average molecular weight is 523 g/mol. The van der Waals surface area contributed by atoms with Crippen LogP contribution >= 0.6 is 0 Å². The van der Waals surface area contributed by atoms with Crippen LogP contribution in [0.3, 0.4) is 0 Å². The van der Waals surface area contributed by atoms with Gasteiger partial charge in [0, 0.05) is 0 Å². The van der Waals surface area contributed by atoms with Crippen molar-refractivity contribution in [3.05, 3.63) is 60.7 Å². The van der Waals surface area contributed by atoms with E-state index in [1.807, 2.05) is 24.3 Å². The second-order valence-electron chi connectivity index (χ2n) is 8.04. The first kappa shape index (κ1) is 21.6. The maximum absolute atomic E-state index is 6.03. The van der Waals surface area contributed by atoms with E-state index in [4.69, 9.17) is 18.9 Å². The van der Waals surface area contributed by atoms with Gasteiger partial charge in [0.1, 0.15) is 0 Å². The Bertz CT molecular complexity index is 1170. The first-order valence-corrected chi connectivity index (χ1v) is 18.8. The summed E-state index contributed by atoms with van der Waals surface area (Å²) < 4.78 is 26.2. The average Bonchev–Trinajstić information content (AvgIpc) is 2.81. The predicted octanol–water partition coefficient (Wildman–Crippen LogP) is 4.85. The maximum atomic E-state index is 6.03. The van der Waals surface area contributed by atoms with Crippen molar-refractivity contribution in [1.82, 2.24) is 0 Å². The summed E-state index contributed by atoms with van der Waals surface area (Å²) in [6.07, 6.45) is 0. The Hall–Kier alpha value is -2.60. The van der Waals surface area contributed by atoms with Crippen LogP contribution in [0.5, 0.6) is 23.0 Å². The van der Waals surface area contributed by atoms with Gasteiger partial charge in [-0.15, -0.1) is 0 Å². The molecule has 4 nitrogen and oxygen atoms in total. The van der Waals surface area contributed by atoms with Crippen molar-refractivity contribution < 1.29 is 18.9 Å². The SMILES string of the molecule is COc1cc2ccccc2c(OC)[c]1[Sn]([CH3])([CH3])[c]1c(OC)cc2ccccc2c1OC. The summed E-state index contributed by atoms with van der Waals surface area (Å²) in [5, 5.41) is 4.37. The van der Waals surface area contributed by atoms with Crippen LogP contribution in [0.1, 0.15) is 0 Å². The quantitative estimate of drug-likeness (QED) is 0.339. The number of hydrogen-bond donors (Lipinski definition) is 0. The zero-order chi connectivity index (χ0) is 22.2. The van der Waals surface area contributed by atoms with Crippen molar-refractivity contribution in [3.63, 3.8) is 0 Å². The first-order chi connectivity index (χ1) is 15.0. The molecular weight excluding hydrogens is 495 g/mol. The minimum atomic E-state index is -3.42. The third-order valence-electron chi connectivity index (χ3n) is 6.03.